The molecule has 4 rings (SSSR count). The van der Waals surface area contributed by atoms with Gasteiger partial charge in [0.05, 0.1) is 18.5 Å². The molecule has 28 heavy (non-hydrogen) atoms. The van der Waals surface area contributed by atoms with E-state index < -0.39 is 11.5 Å². The van der Waals surface area contributed by atoms with Crippen molar-refractivity contribution >= 4 is 17.3 Å². The topological polar surface area (TPSA) is 70.0 Å². The zero-order valence-electron chi connectivity index (χ0n) is 15.7. The van der Waals surface area contributed by atoms with Crippen molar-refractivity contribution in [2.45, 2.75) is 18.9 Å². The second-order valence-corrected chi connectivity index (χ2v) is 6.74. The van der Waals surface area contributed by atoms with Crippen LogP contribution in [-0.2, 0) is 16.8 Å². The molecule has 142 valence electrons. The quantitative estimate of drug-likeness (QED) is 0.726. The van der Waals surface area contributed by atoms with Crippen molar-refractivity contribution in [3.8, 4) is 11.5 Å². The molecule has 0 saturated carbocycles. The third-order valence-electron chi connectivity index (χ3n) is 5.25. The second kappa shape index (κ2) is 6.69. The first-order valence-electron chi connectivity index (χ1n) is 9.14. The van der Waals surface area contributed by atoms with Crippen molar-refractivity contribution in [2.75, 3.05) is 12.0 Å². The average Bonchev–Trinajstić information content (AvgIpc) is 2.96. The van der Waals surface area contributed by atoms with Crippen LogP contribution in [0.25, 0.3) is 0 Å². The molecule has 0 spiro atoms. The summed E-state index contributed by atoms with van der Waals surface area (Å²) in [5.41, 5.74) is 0.482. The van der Waals surface area contributed by atoms with E-state index in [0.29, 0.717) is 34.7 Å². The number of anilines is 2. The van der Waals surface area contributed by atoms with Crippen molar-refractivity contribution in [3.63, 3.8) is 0 Å². The molecule has 0 fully saturated rings. The summed E-state index contributed by atoms with van der Waals surface area (Å²) in [5.74, 6) is 0.0164. The number of methoxy groups -OCH3 is 1. The first-order chi connectivity index (χ1) is 13.5. The van der Waals surface area contributed by atoms with Gasteiger partial charge in [-0.15, -0.1) is 0 Å². The lowest BCUT2D eigenvalue weighted by Crippen LogP contribution is -2.39. The fourth-order valence-corrected chi connectivity index (χ4v) is 3.80. The number of carbonyl (C=O) groups excluding carboxylic acids is 1. The van der Waals surface area contributed by atoms with Gasteiger partial charge in [0.25, 0.3) is 5.91 Å². The Bertz CT molecular complexity index is 1060. The number of hydrogen-bond acceptors (Lipinski definition) is 4. The number of carbonyl (C=O) groups is 1. The molecule has 1 amide bonds. The highest BCUT2D eigenvalue weighted by atomic mass is 16.5. The number of aliphatic hydroxyl groups is 1. The average molecular weight is 375 g/mol. The maximum atomic E-state index is 13.6. The van der Waals surface area contributed by atoms with E-state index in [9.17, 15) is 15.0 Å². The van der Waals surface area contributed by atoms with E-state index in [0.717, 1.165) is 0 Å². The van der Waals surface area contributed by atoms with Crippen molar-refractivity contribution in [2.24, 2.45) is 0 Å². The van der Waals surface area contributed by atoms with Gasteiger partial charge in [-0.1, -0.05) is 49.4 Å². The number of hydrogen-bond donors (Lipinski definition) is 2. The number of phenols is 1. The monoisotopic (exact) mass is 375 g/mol. The molecular weight excluding hydrogens is 354 g/mol. The van der Waals surface area contributed by atoms with Gasteiger partial charge in [-0.2, -0.15) is 0 Å². The van der Waals surface area contributed by atoms with E-state index in [1.165, 1.54) is 4.90 Å². The van der Waals surface area contributed by atoms with Crippen LogP contribution in [0.2, 0.25) is 0 Å². The first-order valence-corrected chi connectivity index (χ1v) is 9.14. The normalized spacial score (nSPS) is 18.2. The van der Waals surface area contributed by atoms with Crippen molar-refractivity contribution in [1.82, 2.24) is 0 Å². The van der Waals surface area contributed by atoms with E-state index in [-0.39, 0.29) is 11.3 Å². The number of fused-ring (bicyclic) bond motifs is 1. The van der Waals surface area contributed by atoms with Crippen molar-refractivity contribution in [1.29, 1.82) is 0 Å². The van der Waals surface area contributed by atoms with Gasteiger partial charge >= 0.3 is 0 Å². The van der Waals surface area contributed by atoms with Gasteiger partial charge in [-0.05, 0) is 30.2 Å². The summed E-state index contributed by atoms with van der Waals surface area (Å²) in [7, 11) is 1.56. The molecule has 2 N–H and O–H groups in total. The number of aromatic hydroxyl groups is 1. The van der Waals surface area contributed by atoms with E-state index in [1.54, 1.807) is 67.8 Å². The summed E-state index contributed by atoms with van der Waals surface area (Å²) in [6.07, 6.45) is 0.588. The predicted molar refractivity (Wildman–Crippen MR) is 107 cm³/mol. The Morgan fingerprint density at radius 2 is 1.71 bits per heavy atom. The van der Waals surface area contributed by atoms with Crippen LogP contribution in [-0.4, -0.2) is 23.2 Å². The Hall–Kier alpha value is -3.31. The van der Waals surface area contributed by atoms with Gasteiger partial charge in [0.1, 0.15) is 11.5 Å². The summed E-state index contributed by atoms with van der Waals surface area (Å²) in [5, 5.41) is 22.4. The lowest BCUT2D eigenvalue weighted by molar-refractivity contribution is -0.131. The third-order valence-corrected chi connectivity index (χ3v) is 5.25. The van der Waals surface area contributed by atoms with Crippen LogP contribution >= 0.6 is 0 Å². The van der Waals surface area contributed by atoms with Crippen molar-refractivity contribution in [3.05, 3.63) is 83.4 Å². The lowest BCUT2D eigenvalue weighted by Gasteiger charge is -2.25. The fourth-order valence-electron chi connectivity index (χ4n) is 3.80. The maximum Gasteiger partial charge on any atom is 0.273 e. The molecule has 0 bridgehead atoms. The molecule has 0 radical (unpaired) electrons. The van der Waals surface area contributed by atoms with Gasteiger partial charge in [0.2, 0.25) is 5.60 Å². The minimum atomic E-state index is -1.98. The number of phenolic OH excluding ortho intramolecular Hbond substituents is 1. The SMILES string of the molecule is CCc1cccc(C2(O)C(=O)N(c3cccc(OC)c3)c3ccccc32)c1O. The minimum absolute atomic E-state index is 0.0526. The zero-order chi connectivity index (χ0) is 19.9. The Labute approximate surface area is 163 Å². The van der Waals surface area contributed by atoms with Crippen molar-refractivity contribution < 1.29 is 19.7 Å². The molecule has 0 aromatic heterocycles. The van der Waals surface area contributed by atoms with Gasteiger partial charge in [0.15, 0.2) is 0 Å². The zero-order valence-corrected chi connectivity index (χ0v) is 15.7. The van der Waals surface area contributed by atoms with Crippen LogP contribution in [0.5, 0.6) is 11.5 Å². The molecule has 1 aliphatic heterocycles. The molecule has 1 heterocycles. The molecule has 5 heteroatoms. The van der Waals surface area contributed by atoms with E-state index in [4.69, 9.17) is 4.74 Å². The fraction of sp³-hybridized carbons (Fsp3) is 0.174. The van der Waals surface area contributed by atoms with Gasteiger partial charge in [-0.25, -0.2) is 0 Å². The number of rotatable bonds is 4. The number of aryl methyl sites for hydroxylation is 1. The highest BCUT2D eigenvalue weighted by molar-refractivity contribution is 6.14. The van der Waals surface area contributed by atoms with Crippen LogP contribution < -0.4 is 9.64 Å². The molecule has 5 nitrogen and oxygen atoms in total. The predicted octanol–water partition coefficient (Wildman–Crippen LogP) is 3.88. The van der Waals surface area contributed by atoms with E-state index in [2.05, 4.69) is 0 Å². The number of amides is 1. The number of para-hydroxylation sites is 2. The highest BCUT2D eigenvalue weighted by Crippen LogP contribution is 2.50. The lowest BCUT2D eigenvalue weighted by atomic mass is 9.85. The Morgan fingerprint density at radius 3 is 2.46 bits per heavy atom. The minimum Gasteiger partial charge on any atom is -0.507 e. The highest BCUT2D eigenvalue weighted by Gasteiger charge is 2.53. The molecular formula is C23H21NO4. The number of ether oxygens (including phenoxy) is 1. The van der Waals surface area contributed by atoms with Gasteiger partial charge in [-0.3, -0.25) is 9.69 Å². The third kappa shape index (κ3) is 2.47. The van der Waals surface area contributed by atoms with E-state index in [1.807, 2.05) is 13.0 Å². The summed E-state index contributed by atoms with van der Waals surface area (Å²) in [6.45, 7) is 1.91. The Morgan fingerprint density at radius 1 is 1.00 bits per heavy atom. The summed E-state index contributed by atoms with van der Waals surface area (Å²) < 4.78 is 5.28. The van der Waals surface area contributed by atoms with Crippen LogP contribution in [0.4, 0.5) is 11.4 Å². The number of benzene rings is 3. The summed E-state index contributed by atoms with van der Waals surface area (Å²) in [4.78, 5) is 15.0. The van der Waals surface area contributed by atoms with Gasteiger partial charge < -0.3 is 14.9 Å². The van der Waals surface area contributed by atoms with E-state index >= 15 is 0 Å². The second-order valence-electron chi connectivity index (χ2n) is 6.74. The van der Waals surface area contributed by atoms with Crippen LogP contribution in [0.1, 0.15) is 23.6 Å². The molecule has 1 unspecified atom stereocenters. The Kier molecular flexibility index (Phi) is 4.32. The molecule has 1 aliphatic rings. The summed E-state index contributed by atoms with van der Waals surface area (Å²) in [6, 6.07) is 19.3. The molecule has 3 aromatic rings. The standard InChI is InChI=1S/C23H21NO4/c1-3-15-8-6-12-19(21(15)25)23(27)18-11-4-5-13-20(18)24(22(23)26)16-9-7-10-17(14-16)28-2/h4-14,25,27H,3H2,1-2H3. The maximum absolute atomic E-state index is 13.6. The molecule has 3 aromatic carbocycles. The van der Waals surface area contributed by atoms with Crippen LogP contribution in [0, 0.1) is 0 Å². The van der Waals surface area contributed by atoms with Crippen LogP contribution in [0.3, 0.4) is 0 Å². The summed E-state index contributed by atoms with van der Waals surface area (Å²) >= 11 is 0. The molecule has 0 aliphatic carbocycles. The first kappa shape index (κ1) is 18.1. The number of nitrogens with zero attached hydrogens (tertiary/aromatic N) is 1. The molecule has 0 saturated heterocycles. The Balaban J connectivity index is 1.95. The molecule has 1 atom stereocenters. The largest absolute Gasteiger partial charge is 0.507 e. The smallest absolute Gasteiger partial charge is 0.273 e. The van der Waals surface area contributed by atoms with Crippen LogP contribution in [0.15, 0.2) is 66.7 Å². The van der Waals surface area contributed by atoms with Gasteiger partial charge in [0, 0.05) is 17.2 Å².